The van der Waals surface area contributed by atoms with Gasteiger partial charge in [0.2, 0.25) is 0 Å². The number of aliphatic imine (C=N–C) groups is 1. The minimum absolute atomic E-state index is 0.393. The first-order valence-corrected chi connectivity index (χ1v) is 7.80. The predicted molar refractivity (Wildman–Crippen MR) is 95.5 cm³/mol. The van der Waals surface area contributed by atoms with Gasteiger partial charge in [0.05, 0.1) is 17.7 Å². The zero-order valence-corrected chi connectivity index (χ0v) is 14.6. The largest absolute Gasteiger partial charge is 0.331 e. The van der Waals surface area contributed by atoms with Crippen LogP contribution < -0.4 is 10.7 Å². The smallest absolute Gasteiger partial charge is 0.114 e. The predicted octanol–water partition coefficient (Wildman–Crippen LogP) is 1.57. The molecule has 2 heterocycles. The van der Waals surface area contributed by atoms with E-state index in [1.807, 2.05) is 31.0 Å². The van der Waals surface area contributed by atoms with Crippen LogP contribution in [-0.4, -0.2) is 26.0 Å². The second-order valence-electron chi connectivity index (χ2n) is 5.94. The standard InChI is InChI=1S/C18H25N5/c1-7-8-15(13(2)3)18-16(11-19-4)21-17(23(18)6)9-14-10-20-22(5)12-14/h7-8,10-13H,4,9H2,1-3,5-6H3/b8-7-,16-11+,18-15+. The normalized spacial score (nSPS) is 14.1. The summed E-state index contributed by atoms with van der Waals surface area (Å²) in [6.07, 6.45) is 10.6. The average molecular weight is 311 g/mol. The molecule has 0 saturated carbocycles. The van der Waals surface area contributed by atoms with Gasteiger partial charge in [0.25, 0.3) is 0 Å². The van der Waals surface area contributed by atoms with Crippen LogP contribution in [0.25, 0.3) is 11.8 Å². The number of allylic oxidation sites excluding steroid dienone is 2. The van der Waals surface area contributed by atoms with Crippen molar-refractivity contribution < 1.29 is 0 Å². The van der Waals surface area contributed by atoms with Gasteiger partial charge in [-0.15, -0.1) is 0 Å². The Morgan fingerprint density at radius 2 is 2.13 bits per heavy atom. The number of aryl methyl sites for hydroxylation is 1. The third-order valence-corrected chi connectivity index (χ3v) is 3.79. The van der Waals surface area contributed by atoms with E-state index in [4.69, 9.17) is 4.98 Å². The molecule has 2 aromatic heterocycles. The molecular formula is C18H25N5. The van der Waals surface area contributed by atoms with Crippen LogP contribution >= 0.6 is 0 Å². The second kappa shape index (κ2) is 7.22. The minimum Gasteiger partial charge on any atom is -0.331 e. The molecule has 0 saturated heterocycles. The van der Waals surface area contributed by atoms with Crippen molar-refractivity contribution in [3.63, 3.8) is 0 Å². The molecule has 5 heteroatoms. The lowest BCUT2D eigenvalue weighted by Crippen LogP contribution is -2.32. The van der Waals surface area contributed by atoms with E-state index < -0.39 is 0 Å². The van der Waals surface area contributed by atoms with Crippen LogP contribution in [-0.2, 0) is 20.5 Å². The van der Waals surface area contributed by atoms with Gasteiger partial charge >= 0.3 is 0 Å². The molecule has 0 fully saturated rings. The molecule has 0 aliphatic carbocycles. The van der Waals surface area contributed by atoms with Crippen molar-refractivity contribution in [2.45, 2.75) is 27.2 Å². The first-order valence-electron chi connectivity index (χ1n) is 7.80. The zero-order valence-electron chi connectivity index (χ0n) is 14.6. The van der Waals surface area contributed by atoms with Gasteiger partial charge in [0.15, 0.2) is 0 Å². The van der Waals surface area contributed by atoms with Crippen molar-refractivity contribution >= 4 is 18.5 Å². The monoisotopic (exact) mass is 311 g/mol. The molecule has 0 amide bonds. The maximum Gasteiger partial charge on any atom is 0.114 e. The quantitative estimate of drug-likeness (QED) is 0.787. The summed E-state index contributed by atoms with van der Waals surface area (Å²) in [5.74, 6) is 1.38. The van der Waals surface area contributed by atoms with Gasteiger partial charge in [-0.25, -0.2) is 4.98 Å². The first-order chi connectivity index (χ1) is 11.0. The summed E-state index contributed by atoms with van der Waals surface area (Å²) in [6.45, 7) is 9.99. The van der Waals surface area contributed by atoms with Gasteiger partial charge in [0, 0.05) is 26.7 Å². The van der Waals surface area contributed by atoms with Crippen molar-refractivity contribution in [1.82, 2.24) is 19.3 Å². The number of nitrogens with zero attached hydrogens (tertiary/aromatic N) is 5. The van der Waals surface area contributed by atoms with E-state index >= 15 is 0 Å². The first kappa shape index (κ1) is 16.9. The van der Waals surface area contributed by atoms with Gasteiger partial charge in [-0.3, -0.25) is 9.67 Å². The lowest BCUT2D eigenvalue weighted by Gasteiger charge is -2.08. The molecule has 0 bridgehead atoms. The molecule has 0 spiro atoms. The number of hydrogen-bond acceptors (Lipinski definition) is 3. The molecule has 0 N–H and O–H groups in total. The maximum absolute atomic E-state index is 4.77. The summed E-state index contributed by atoms with van der Waals surface area (Å²) in [7, 11) is 3.98. The fourth-order valence-electron chi connectivity index (χ4n) is 2.71. The highest BCUT2D eigenvalue weighted by Gasteiger charge is 2.11. The topological polar surface area (TPSA) is 48.0 Å². The maximum atomic E-state index is 4.77. The van der Waals surface area contributed by atoms with Gasteiger partial charge in [-0.1, -0.05) is 26.0 Å². The molecule has 0 radical (unpaired) electrons. The Kier molecular flexibility index (Phi) is 5.32. The Hall–Kier alpha value is -2.43. The van der Waals surface area contributed by atoms with Crippen molar-refractivity contribution in [2.75, 3.05) is 0 Å². The summed E-state index contributed by atoms with van der Waals surface area (Å²) in [5.41, 5.74) is 2.39. The van der Waals surface area contributed by atoms with Crippen LogP contribution in [0.15, 0.2) is 29.5 Å². The second-order valence-corrected chi connectivity index (χ2v) is 5.94. The summed E-state index contributed by atoms with van der Waals surface area (Å²) in [5, 5.41) is 6.19. The zero-order chi connectivity index (χ0) is 17.0. The number of imidazole rings is 1. The highest BCUT2D eigenvalue weighted by molar-refractivity contribution is 5.57. The summed E-state index contributed by atoms with van der Waals surface area (Å²) in [4.78, 5) is 8.70. The Bertz CT molecular complexity index is 833. The van der Waals surface area contributed by atoms with Crippen LogP contribution in [0.3, 0.4) is 0 Å². The molecule has 0 atom stereocenters. The fraction of sp³-hybridized carbons (Fsp3) is 0.389. The Labute approximate surface area is 137 Å². The summed E-state index contributed by atoms with van der Waals surface area (Å²) >= 11 is 0. The van der Waals surface area contributed by atoms with Crippen molar-refractivity contribution in [3.8, 4) is 0 Å². The summed E-state index contributed by atoms with van der Waals surface area (Å²) in [6, 6.07) is 0. The highest BCUT2D eigenvalue weighted by atomic mass is 15.2. The minimum atomic E-state index is 0.393. The van der Waals surface area contributed by atoms with Crippen molar-refractivity contribution in [3.05, 3.63) is 46.6 Å². The van der Waals surface area contributed by atoms with Gasteiger partial charge in [-0.2, -0.15) is 5.10 Å². The molecule has 0 aliphatic rings. The van der Waals surface area contributed by atoms with Gasteiger partial charge in [0.1, 0.15) is 11.2 Å². The van der Waals surface area contributed by atoms with E-state index in [9.17, 15) is 0 Å². The molecule has 23 heavy (non-hydrogen) atoms. The third kappa shape index (κ3) is 3.67. The third-order valence-electron chi connectivity index (χ3n) is 3.79. The molecular weight excluding hydrogens is 286 g/mol. The van der Waals surface area contributed by atoms with E-state index in [2.05, 4.69) is 54.4 Å². The lowest BCUT2D eigenvalue weighted by atomic mass is 10.0. The van der Waals surface area contributed by atoms with Crippen LogP contribution in [0.4, 0.5) is 0 Å². The molecule has 0 unspecified atom stereocenters. The molecule has 0 aliphatic heterocycles. The summed E-state index contributed by atoms with van der Waals surface area (Å²) < 4.78 is 3.96. The van der Waals surface area contributed by atoms with Gasteiger partial charge in [-0.05, 0) is 30.7 Å². The van der Waals surface area contributed by atoms with E-state index in [-0.39, 0.29) is 0 Å². The van der Waals surface area contributed by atoms with Crippen LogP contribution in [0.2, 0.25) is 0 Å². The van der Waals surface area contributed by atoms with Crippen LogP contribution in [0.5, 0.6) is 0 Å². The molecule has 122 valence electrons. The number of aromatic nitrogens is 4. The van der Waals surface area contributed by atoms with Crippen molar-refractivity contribution in [2.24, 2.45) is 25.0 Å². The fourth-order valence-corrected chi connectivity index (χ4v) is 2.71. The van der Waals surface area contributed by atoms with Crippen LogP contribution in [0.1, 0.15) is 32.2 Å². The lowest BCUT2D eigenvalue weighted by molar-refractivity contribution is 0.764. The Balaban J connectivity index is 2.69. The molecule has 5 nitrogen and oxygen atoms in total. The molecule has 2 aromatic rings. The molecule has 2 rings (SSSR count). The van der Waals surface area contributed by atoms with Crippen molar-refractivity contribution in [1.29, 1.82) is 0 Å². The number of rotatable bonds is 5. The van der Waals surface area contributed by atoms with Crippen LogP contribution in [0, 0.1) is 5.92 Å². The van der Waals surface area contributed by atoms with E-state index in [1.54, 1.807) is 6.20 Å². The highest BCUT2D eigenvalue weighted by Crippen LogP contribution is 2.11. The van der Waals surface area contributed by atoms with E-state index in [0.717, 1.165) is 28.5 Å². The Morgan fingerprint density at radius 3 is 2.65 bits per heavy atom. The number of hydrogen-bond donors (Lipinski definition) is 0. The van der Waals surface area contributed by atoms with E-state index in [1.165, 1.54) is 5.57 Å². The molecule has 0 aromatic carbocycles. The Morgan fingerprint density at radius 1 is 1.39 bits per heavy atom. The SMILES string of the molecule is C=N/C=c1/nc(Cc2cnn(C)c2)n(C)/c1=C(\C=C/C)C(C)C. The van der Waals surface area contributed by atoms with Gasteiger partial charge < -0.3 is 4.57 Å². The van der Waals surface area contributed by atoms with E-state index in [0.29, 0.717) is 5.92 Å². The average Bonchev–Trinajstić information content (AvgIpc) is 3.02.